The smallest absolute Gasteiger partial charge is 0.338 e. The first kappa shape index (κ1) is 22.7. The van der Waals surface area contributed by atoms with Crippen molar-refractivity contribution in [3.05, 3.63) is 71.4 Å². The van der Waals surface area contributed by atoms with Crippen molar-refractivity contribution in [1.29, 1.82) is 0 Å². The maximum absolute atomic E-state index is 13.0. The summed E-state index contributed by atoms with van der Waals surface area (Å²) >= 11 is 0. The molecule has 33 heavy (non-hydrogen) atoms. The topological polar surface area (TPSA) is 83.1 Å². The zero-order valence-corrected chi connectivity index (χ0v) is 19.0. The molecule has 2 aromatic carbocycles. The molecule has 1 fully saturated rings. The second kappa shape index (κ2) is 10.4. The van der Waals surface area contributed by atoms with Crippen molar-refractivity contribution in [1.82, 2.24) is 15.5 Å². The number of amides is 2. The molecule has 0 aliphatic carbocycles. The van der Waals surface area contributed by atoms with E-state index in [1.54, 1.807) is 14.0 Å². The monoisotopic (exact) mass is 450 g/mol. The number of rotatable bonds is 7. The maximum atomic E-state index is 13.0. The molecule has 1 atom stereocenters. The first-order valence-electron chi connectivity index (χ1n) is 11.2. The van der Waals surface area contributed by atoms with Gasteiger partial charge in [0, 0.05) is 44.1 Å². The average molecular weight is 451 g/mol. The molecule has 0 spiro atoms. The minimum Gasteiger partial charge on any atom is -0.497 e. The van der Waals surface area contributed by atoms with Gasteiger partial charge in [-0.1, -0.05) is 30.3 Å². The second-order valence-corrected chi connectivity index (χ2v) is 8.02. The van der Waals surface area contributed by atoms with Crippen molar-refractivity contribution in [3.63, 3.8) is 0 Å². The third-order valence-corrected chi connectivity index (χ3v) is 5.95. The van der Waals surface area contributed by atoms with Crippen LogP contribution in [0, 0.1) is 0 Å². The SMILES string of the molecule is CCOC(=O)C1=C(CN2CCN(c3ccccc3)CC2)NC(=O)N[C@H]1c1cccc(OC)c1. The summed E-state index contributed by atoms with van der Waals surface area (Å²) in [5.74, 6) is 0.220. The molecule has 8 nitrogen and oxygen atoms in total. The Morgan fingerprint density at radius 3 is 2.52 bits per heavy atom. The molecule has 2 aromatic rings. The van der Waals surface area contributed by atoms with Crippen LogP contribution in [0.25, 0.3) is 0 Å². The van der Waals surface area contributed by atoms with Gasteiger partial charge in [-0.2, -0.15) is 0 Å². The van der Waals surface area contributed by atoms with Crippen molar-refractivity contribution in [2.24, 2.45) is 0 Å². The van der Waals surface area contributed by atoms with Gasteiger partial charge in [-0.3, -0.25) is 4.90 Å². The maximum Gasteiger partial charge on any atom is 0.338 e. The van der Waals surface area contributed by atoms with E-state index in [0.29, 0.717) is 23.6 Å². The number of ether oxygens (including phenoxy) is 2. The molecular weight excluding hydrogens is 420 g/mol. The van der Waals surface area contributed by atoms with E-state index in [2.05, 4.69) is 32.6 Å². The van der Waals surface area contributed by atoms with E-state index in [4.69, 9.17) is 9.47 Å². The van der Waals surface area contributed by atoms with Crippen LogP contribution in [0.15, 0.2) is 65.9 Å². The molecule has 2 aliphatic rings. The Morgan fingerprint density at radius 1 is 1.06 bits per heavy atom. The number of piperazine rings is 1. The number of methoxy groups -OCH3 is 1. The lowest BCUT2D eigenvalue weighted by molar-refractivity contribution is -0.139. The van der Waals surface area contributed by atoms with Gasteiger partial charge in [0.25, 0.3) is 0 Å². The van der Waals surface area contributed by atoms with Gasteiger partial charge < -0.3 is 25.0 Å². The molecule has 174 valence electrons. The van der Waals surface area contributed by atoms with Crippen molar-refractivity contribution in [3.8, 4) is 5.75 Å². The summed E-state index contributed by atoms with van der Waals surface area (Å²) in [6, 6.07) is 16.7. The number of anilines is 1. The molecule has 0 radical (unpaired) electrons. The molecular formula is C25H30N4O4. The predicted molar refractivity (Wildman–Crippen MR) is 126 cm³/mol. The van der Waals surface area contributed by atoms with Crippen LogP contribution in [0.2, 0.25) is 0 Å². The van der Waals surface area contributed by atoms with Crippen molar-refractivity contribution < 1.29 is 19.1 Å². The lowest BCUT2D eigenvalue weighted by Gasteiger charge is -2.38. The molecule has 2 aliphatic heterocycles. The fourth-order valence-corrected chi connectivity index (χ4v) is 4.29. The van der Waals surface area contributed by atoms with Crippen LogP contribution in [0.3, 0.4) is 0 Å². The molecule has 4 rings (SSSR count). The van der Waals surface area contributed by atoms with Crippen LogP contribution in [0.5, 0.6) is 5.75 Å². The number of carbonyl (C=O) groups is 2. The summed E-state index contributed by atoms with van der Waals surface area (Å²) in [4.78, 5) is 30.1. The Labute approximate surface area is 194 Å². The van der Waals surface area contributed by atoms with Gasteiger partial charge in [0.1, 0.15) is 5.75 Å². The summed E-state index contributed by atoms with van der Waals surface area (Å²) in [6.07, 6.45) is 0. The van der Waals surface area contributed by atoms with Gasteiger partial charge in [-0.05, 0) is 36.8 Å². The quantitative estimate of drug-likeness (QED) is 0.631. The van der Waals surface area contributed by atoms with Gasteiger partial charge in [-0.25, -0.2) is 9.59 Å². The van der Waals surface area contributed by atoms with Crippen LogP contribution in [-0.4, -0.2) is 63.3 Å². The van der Waals surface area contributed by atoms with Crippen molar-refractivity contribution in [2.45, 2.75) is 13.0 Å². The highest BCUT2D eigenvalue weighted by molar-refractivity contribution is 5.95. The number of esters is 1. The third kappa shape index (κ3) is 5.28. The van der Waals surface area contributed by atoms with Gasteiger partial charge >= 0.3 is 12.0 Å². The van der Waals surface area contributed by atoms with Gasteiger partial charge in [-0.15, -0.1) is 0 Å². The predicted octanol–water partition coefficient (Wildman–Crippen LogP) is 2.69. The molecule has 2 N–H and O–H groups in total. The highest BCUT2D eigenvalue weighted by atomic mass is 16.5. The lowest BCUT2D eigenvalue weighted by Crippen LogP contribution is -2.51. The van der Waals surface area contributed by atoms with Gasteiger partial charge in [0.2, 0.25) is 0 Å². The fourth-order valence-electron chi connectivity index (χ4n) is 4.29. The van der Waals surface area contributed by atoms with E-state index < -0.39 is 12.0 Å². The van der Waals surface area contributed by atoms with Crippen molar-refractivity contribution in [2.75, 3.05) is 51.3 Å². The molecule has 2 amide bonds. The standard InChI is InChI=1S/C25H30N4O4/c1-3-33-24(30)22-21(17-28-12-14-29(15-13-28)19-9-5-4-6-10-19)26-25(31)27-23(22)18-8-7-11-20(16-18)32-2/h4-11,16,23H,3,12-15,17H2,1-2H3,(H2,26,27,31)/t23-/m0/s1. The van der Waals surface area contributed by atoms with Crippen molar-refractivity contribution >= 4 is 17.7 Å². The third-order valence-electron chi connectivity index (χ3n) is 5.95. The summed E-state index contributed by atoms with van der Waals surface area (Å²) < 4.78 is 10.7. The van der Waals surface area contributed by atoms with Crippen LogP contribution < -0.4 is 20.3 Å². The summed E-state index contributed by atoms with van der Waals surface area (Å²) in [5.41, 5.74) is 2.98. The molecule has 2 heterocycles. The normalized spacial score (nSPS) is 19.0. The summed E-state index contributed by atoms with van der Waals surface area (Å²) in [7, 11) is 1.59. The van der Waals surface area contributed by atoms with E-state index in [9.17, 15) is 9.59 Å². The Hall–Kier alpha value is -3.52. The number of nitrogens with zero attached hydrogens (tertiary/aromatic N) is 2. The lowest BCUT2D eigenvalue weighted by atomic mass is 9.94. The number of carbonyl (C=O) groups excluding carboxylic acids is 2. The highest BCUT2D eigenvalue weighted by Crippen LogP contribution is 2.30. The molecule has 1 saturated heterocycles. The number of nitrogens with one attached hydrogen (secondary N) is 2. The summed E-state index contributed by atoms with van der Waals surface area (Å²) in [6.45, 7) is 5.88. The van der Waals surface area contributed by atoms with E-state index in [1.165, 1.54) is 5.69 Å². The Balaban J connectivity index is 1.57. The van der Waals surface area contributed by atoms with Crippen LogP contribution in [0.1, 0.15) is 18.5 Å². The number of benzene rings is 2. The number of hydrogen-bond acceptors (Lipinski definition) is 6. The van der Waals surface area contributed by atoms with E-state index in [-0.39, 0.29) is 12.6 Å². The molecule has 0 bridgehead atoms. The Morgan fingerprint density at radius 2 is 1.82 bits per heavy atom. The molecule has 0 aromatic heterocycles. The summed E-state index contributed by atoms with van der Waals surface area (Å²) in [5, 5.41) is 5.74. The number of hydrogen-bond donors (Lipinski definition) is 2. The zero-order valence-electron chi connectivity index (χ0n) is 19.0. The van der Waals surface area contributed by atoms with Crippen LogP contribution >= 0.6 is 0 Å². The van der Waals surface area contributed by atoms with Gasteiger partial charge in [0.05, 0.1) is 25.3 Å². The molecule has 0 saturated carbocycles. The minimum atomic E-state index is -0.617. The average Bonchev–Trinajstić information content (AvgIpc) is 2.85. The van der Waals surface area contributed by atoms with E-state index in [0.717, 1.165) is 31.7 Å². The van der Waals surface area contributed by atoms with Crippen LogP contribution in [0.4, 0.5) is 10.5 Å². The largest absolute Gasteiger partial charge is 0.497 e. The number of para-hydroxylation sites is 1. The first-order valence-corrected chi connectivity index (χ1v) is 11.2. The van der Waals surface area contributed by atoms with E-state index >= 15 is 0 Å². The second-order valence-electron chi connectivity index (χ2n) is 8.02. The zero-order chi connectivity index (χ0) is 23.2. The Bertz CT molecular complexity index is 1020. The first-order chi connectivity index (χ1) is 16.1. The fraction of sp³-hybridized carbons (Fsp3) is 0.360. The van der Waals surface area contributed by atoms with Crippen LogP contribution in [-0.2, 0) is 9.53 Å². The number of urea groups is 1. The minimum absolute atomic E-state index is 0.254. The van der Waals surface area contributed by atoms with Gasteiger partial charge in [0.15, 0.2) is 0 Å². The highest BCUT2D eigenvalue weighted by Gasteiger charge is 2.35. The molecule has 0 unspecified atom stereocenters. The Kier molecular flexibility index (Phi) is 7.14. The van der Waals surface area contributed by atoms with E-state index in [1.807, 2.05) is 42.5 Å². The molecule has 8 heteroatoms.